The summed E-state index contributed by atoms with van der Waals surface area (Å²) in [5.41, 5.74) is 0. The second-order valence-corrected chi connectivity index (χ2v) is 3.04. The fourth-order valence-electron chi connectivity index (χ4n) is 1.83. The molecule has 3 aliphatic rings. The van der Waals surface area contributed by atoms with E-state index >= 15 is 0 Å². The average Bonchev–Trinajstić information content (AvgIpc) is 1.92. The van der Waals surface area contributed by atoms with E-state index in [1.807, 2.05) is 0 Å². The topological polar surface area (TPSA) is 0 Å². The van der Waals surface area contributed by atoms with Crippen molar-refractivity contribution in [1.82, 2.24) is 0 Å². The van der Waals surface area contributed by atoms with Crippen LogP contribution in [0.25, 0.3) is 0 Å². The van der Waals surface area contributed by atoms with Crippen molar-refractivity contribution < 1.29 is 0 Å². The Balaban J connectivity index is 2.03. The zero-order valence-corrected chi connectivity index (χ0v) is 5.14. The number of hydrogen-bond donors (Lipinski definition) is 0. The van der Waals surface area contributed by atoms with Crippen molar-refractivity contribution in [2.24, 2.45) is 11.8 Å². The van der Waals surface area contributed by atoms with Gasteiger partial charge < -0.3 is 0 Å². The molecule has 0 amide bonds. The first kappa shape index (κ1) is 4.84. The third kappa shape index (κ3) is 0.667. The highest BCUT2D eigenvalue weighted by Crippen LogP contribution is 2.39. The number of hydrogen-bond acceptors (Lipinski definition) is 0. The molecule has 0 saturated heterocycles. The number of fused-ring (bicyclic) bond motifs is 3. The maximum atomic E-state index is 2.51. The van der Waals surface area contributed by atoms with Crippen LogP contribution in [0, 0.1) is 24.7 Å². The second-order valence-electron chi connectivity index (χ2n) is 3.04. The van der Waals surface area contributed by atoms with Gasteiger partial charge in [-0.3, -0.25) is 0 Å². The Morgan fingerprint density at radius 2 is 1.38 bits per heavy atom. The average molecular weight is 108 g/mol. The summed E-state index contributed by atoms with van der Waals surface area (Å²) in [6, 6.07) is 0. The monoisotopic (exact) mass is 108 g/mol. The molecule has 0 heteroatoms. The normalized spacial score (nSPS) is 45.0. The van der Waals surface area contributed by atoms with Gasteiger partial charge in [0.2, 0.25) is 0 Å². The summed E-state index contributed by atoms with van der Waals surface area (Å²) in [6.07, 6.45) is 10.7. The quantitative estimate of drug-likeness (QED) is 0.446. The van der Waals surface area contributed by atoms with Gasteiger partial charge in [-0.05, 0) is 50.4 Å². The molecule has 0 nitrogen and oxygen atoms in total. The van der Waals surface area contributed by atoms with E-state index in [4.69, 9.17) is 0 Å². The Hall–Kier alpha value is 0. The third-order valence-electron chi connectivity index (χ3n) is 2.45. The van der Waals surface area contributed by atoms with Crippen molar-refractivity contribution >= 4 is 0 Å². The highest BCUT2D eigenvalue weighted by molar-refractivity contribution is 4.99. The Bertz CT molecular complexity index is 55.0. The third-order valence-corrected chi connectivity index (χ3v) is 2.45. The van der Waals surface area contributed by atoms with Crippen molar-refractivity contribution in [2.45, 2.75) is 25.7 Å². The molecule has 8 heavy (non-hydrogen) atoms. The van der Waals surface area contributed by atoms with Gasteiger partial charge in [0.15, 0.2) is 0 Å². The molecule has 3 saturated carbocycles. The lowest BCUT2D eigenvalue weighted by Crippen LogP contribution is -2.22. The molecule has 44 valence electrons. The zero-order valence-electron chi connectivity index (χ0n) is 5.14. The smallest absolute Gasteiger partial charge is 0.0352 e. The molecule has 0 aromatic carbocycles. The lowest BCUT2D eigenvalue weighted by atomic mass is 9.71. The largest absolute Gasteiger partial charge is 0.0499 e. The molecule has 0 aliphatic heterocycles. The van der Waals surface area contributed by atoms with Crippen LogP contribution in [0.3, 0.4) is 0 Å². The second kappa shape index (κ2) is 1.75. The van der Waals surface area contributed by atoms with Crippen LogP contribution in [0.1, 0.15) is 25.7 Å². The fourth-order valence-corrected chi connectivity index (χ4v) is 1.83. The molecule has 0 aromatic heterocycles. The highest BCUT2D eigenvalue weighted by atomic mass is 14.3. The van der Waals surface area contributed by atoms with Gasteiger partial charge in [-0.1, -0.05) is 0 Å². The lowest BCUT2D eigenvalue weighted by molar-refractivity contribution is 0.301. The van der Waals surface area contributed by atoms with Crippen LogP contribution < -0.4 is 0 Å². The fraction of sp³-hybridized carbons (Fsp3) is 0.750. The molecule has 2 unspecified atom stereocenters. The molecule has 0 heterocycles. The Labute approximate surface area is 51.3 Å². The molecule has 3 aliphatic carbocycles. The minimum absolute atomic E-state index is 0.972. The molecule has 3 rings (SSSR count). The minimum Gasteiger partial charge on any atom is -0.0499 e. The molecule has 2 bridgehead atoms. The maximum absolute atomic E-state index is 2.51. The number of rotatable bonds is 0. The van der Waals surface area contributed by atoms with Gasteiger partial charge in [0, 0.05) is 0 Å². The van der Waals surface area contributed by atoms with Gasteiger partial charge >= 0.3 is 0 Å². The Kier molecular flexibility index (Phi) is 1.06. The maximum Gasteiger partial charge on any atom is -0.0352 e. The van der Waals surface area contributed by atoms with Crippen molar-refractivity contribution in [3.05, 3.63) is 12.8 Å². The van der Waals surface area contributed by atoms with E-state index in [-0.39, 0.29) is 0 Å². The standard InChI is InChI=1S/C8H12/c1-2-8-5-3-7(1)4-6-8/h1,5,7-8H,2-4,6H2. The highest BCUT2D eigenvalue weighted by Gasteiger charge is 2.27. The summed E-state index contributed by atoms with van der Waals surface area (Å²) < 4.78 is 0. The van der Waals surface area contributed by atoms with E-state index in [0.717, 1.165) is 11.8 Å². The molecule has 0 spiro atoms. The first-order valence-corrected chi connectivity index (χ1v) is 3.62. The van der Waals surface area contributed by atoms with E-state index in [0.29, 0.717) is 0 Å². The van der Waals surface area contributed by atoms with Crippen LogP contribution >= 0.6 is 0 Å². The first-order valence-electron chi connectivity index (χ1n) is 3.62. The van der Waals surface area contributed by atoms with Crippen LogP contribution in [-0.2, 0) is 0 Å². The summed E-state index contributed by atoms with van der Waals surface area (Å²) in [6.45, 7) is 0. The van der Waals surface area contributed by atoms with E-state index in [1.54, 1.807) is 0 Å². The van der Waals surface area contributed by atoms with E-state index in [1.165, 1.54) is 25.7 Å². The zero-order chi connectivity index (χ0) is 5.40. The van der Waals surface area contributed by atoms with E-state index in [2.05, 4.69) is 12.8 Å². The Morgan fingerprint density at radius 1 is 0.875 bits per heavy atom. The van der Waals surface area contributed by atoms with E-state index in [9.17, 15) is 0 Å². The van der Waals surface area contributed by atoms with Crippen molar-refractivity contribution in [2.75, 3.05) is 0 Å². The summed E-state index contributed by atoms with van der Waals surface area (Å²) in [5, 5.41) is 0. The van der Waals surface area contributed by atoms with Gasteiger partial charge in [-0.2, -0.15) is 0 Å². The van der Waals surface area contributed by atoms with Gasteiger partial charge in [-0.25, -0.2) is 0 Å². The van der Waals surface area contributed by atoms with Crippen LogP contribution in [0.4, 0.5) is 0 Å². The minimum atomic E-state index is 0.972. The molecule has 2 radical (unpaired) electrons. The van der Waals surface area contributed by atoms with Gasteiger partial charge in [0.1, 0.15) is 0 Å². The molecular formula is C8H12. The first-order chi connectivity index (χ1) is 3.95. The molecule has 0 aromatic rings. The predicted octanol–water partition coefficient (Wildman–Crippen LogP) is 2.21. The SMILES string of the molecule is [CH]1CC2[CH]CC1CC2. The predicted molar refractivity (Wildman–Crippen MR) is 34.0 cm³/mol. The summed E-state index contributed by atoms with van der Waals surface area (Å²) in [4.78, 5) is 0. The van der Waals surface area contributed by atoms with Gasteiger partial charge in [-0.15, -0.1) is 0 Å². The van der Waals surface area contributed by atoms with Gasteiger partial charge in [0.05, 0.1) is 0 Å². The lowest BCUT2D eigenvalue weighted by Gasteiger charge is -2.34. The van der Waals surface area contributed by atoms with Crippen molar-refractivity contribution in [3.8, 4) is 0 Å². The van der Waals surface area contributed by atoms with Gasteiger partial charge in [0.25, 0.3) is 0 Å². The van der Waals surface area contributed by atoms with Crippen molar-refractivity contribution in [1.29, 1.82) is 0 Å². The summed E-state index contributed by atoms with van der Waals surface area (Å²) >= 11 is 0. The summed E-state index contributed by atoms with van der Waals surface area (Å²) in [7, 11) is 0. The molecular weight excluding hydrogens is 96.1 g/mol. The van der Waals surface area contributed by atoms with Crippen LogP contribution in [0.15, 0.2) is 0 Å². The Morgan fingerprint density at radius 3 is 1.50 bits per heavy atom. The van der Waals surface area contributed by atoms with Crippen LogP contribution in [0.2, 0.25) is 0 Å². The van der Waals surface area contributed by atoms with Crippen LogP contribution in [0.5, 0.6) is 0 Å². The van der Waals surface area contributed by atoms with E-state index < -0.39 is 0 Å². The summed E-state index contributed by atoms with van der Waals surface area (Å²) in [5.74, 6) is 1.94. The molecule has 2 atom stereocenters. The molecule has 3 fully saturated rings. The van der Waals surface area contributed by atoms with Crippen LogP contribution in [-0.4, -0.2) is 0 Å². The molecule has 0 N–H and O–H groups in total. The van der Waals surface area contributed by atoms with Crippen molar-refractivity contribution in [3.63, 3.8) is 0 Å².